The van der Waals surface area contributed by atoms with Crippen LogP contribution in [-0.2, 0) is 33.2 Å². The second-order valence-electron chi connectivity index (χ2n) is 10.3. The number of rotatable bonds is 13. The predicted octanol–water partition coefficient (Wildman–Crippen LogP) is 4.04. The number of hydrogen-bond donors (Lipinski definition) is 0. The highest BCUT2D eigenvalue weighted by molar-refractivity contribution is 8.00. The highest BCUT2D eigenvalue weighted by atomic mass is 32.2. The molecule has 3 aromatic rings. The smallest absolute Gasteiger partial charge is 0.189 e. The molecule has 238 valence electrons. The Kier molecular flexibility index (Phi) is 10.5. The third kappa shape index (κ3) is 7.76. The minimum atomic E-state index is -2.80. The van der Waals surface area contributed by atoms with E-state index in [1.54, 1.807) is 69.9 Å². The molecular weight excluding hydrogens is 592 g/mol. The molecule has 2 aliphatic rings. The van der Waals surface area contributed by atoms with Gasteiger partial charge in [0.1, 0.15) is 53.2 Å². The van der Waals surface area contributed by atoms with Crippen LogP contribution >= 0.6 is 0 Å². The van der Waals surface area contributed by atoms with E-state index in [1.807, 2.05) is 24.3 Å². The van der Waals surface area contributed by atoms with Gasteiger partial charge in [0.2, 0.25) is 0 Å². The van der Waals surface area contributed by atoms with Crippen molar-refractivity contribution in [1.82, 2.24) is 0 Å². The molecule has 0 saturated carbocycles. The van der Waals surface area contributed by atoms with Crippen LogP contribution in [0.4, 0.5) is 0 Å². The SMILES string of the molecule is C=S(C)(=O)[C@@H]1OC2COC(c3ccc(OC)cc3)O[C@@H]2C(OCOc2ccc(OC)cc2)C1OCOc1ccc(OC)cc1. The van der Waals surface area contributed by atoms with Gasteiger partial charge in [-0.3, -0.25) is 4.21 Å². The molecule has 2 heterocycles. The monoisotopic (exact) mass is 630 g/mol. The van der Waals surface area contributed by atoms with Crippen molar-refractivity contribution in [3.8, 4) is 28.7 Å². The molecule has 0 N–H and O–H groups in total. The van der Waals surface area contributed by atoms with E-state index in [4.69, 9.17) is 47.4 Å². The second-order valence-corrected chi connectivity index (χ2v) is 12.9. The molecule has 0 bridgehead atoms. The van der Waals surface area contributed by atoms with Crippen LogP contribution in [-0.4, -0.2) is 87.7 Å². The fourth-order valence-electron chi connectivity index (χ4n) is 4.95. The van der Waals surface area contributed by atoms with Crippen LogP contribution in [0.5, 0.6) is 28.7 Å². The van der Waals surface area contributed by atoms with Gasteiger partial charge in [-0.25, -0.2) is 0 Å². The Morgan fingerprint density at radius 2 is 1.16 bits per heavy atom. The Balaban J connectivity index is 1.37. The van der Waals surface area contributed by atoms with Crippen LogP contribution in [0.25, 0.3) is 0 Å². The van der Waals surface area contributed by atoms with Crippen molar-refractivity contribution in [2.24, 2.45) is 0 Å². The average molecular weight is 631 g/mol. The third-order valence-electron chi connectivity index (χ3n) is 7.25. The fraction of sp³-hybridized carbons (Fsp3) is 0.406. The van der Waals surface area contributed by atoms with E-state index in [9.17, 15) is 4.21 Å². The first-order chi connectivity index (χ1) is 21.3. The number of benzene rings is 3. The molecule has 2 fully saturated rings. The van der Waals surface area contributed by atoms with Crippen molar-refractivity contribution in [2.75, 3.05) is 47.8 Å². The molecule has 0 radical (unpaired) electrons. The molecule has 11 nitrogen and oxygen atoms in total. The Labute approximate surface area is 257 Å². The molecule has 2 aliphatic heterocycles. The molecule has 0 aliphatic carbocycles. The van der Waals surface area contributed by atoms with Gasteiger partial charge in [0.15, 0.2) is 25.3 Å². The summed E-state index contributed by atoms with van der Waals surface area (Å²) in [6, 6.07) is 21.6. The first kappa shape index (κ1) is 31.9. The maximum atomic E-state index is 13.4. The molecule has 3 aromatic carbocycles. The number of fused-ring (bicyclic) bond motifs is 1. The highest BCUT2D eigenvalue weighted by Gasteiger charge is 2.53. The summed E-state index contributed by atoms with van der Waals surface area (Å²) >= 11 is 0. The van der Waals surface area contributed by atoms with Crippen molar-refractivity contribution < 1.29 is 51.6 Å². The molecule has 0 aromatic heterocycles. The summed E-state index contributed by atoms with van der Waals surface area (Å²) in [7, 11) is 1.99. The van der Waals surface area contributed by atoms with Crippen LogP contribution in [0.3, 0.4) is 0 Å². The third-order valence-corrected chi connectivity index (χ3v) is 8.62. The molecule has 2 saturated heterocycles. The van der Waals surface area contributed by atoms with Crippen molar-refractivity contribution in [2.45, 2.75) is 36.1 Å². The van der Waals surface area contributed by atoms with E-state index in [0.717, 1.165) is 5.56 Å². The quantitative estimate of drug-likeness (QED) is 0.202. The Hall–Kier alpha value is -3.52. The Morgan fingerprint density at radius 1 is 0.705 bits per heavy atom. The van der Waals surface area contributed by atoms with Crippen molar-refractivity contribution in [1.29, 1.82) is 0 Å². The molecular formula is C32H38O11S. The Morgan fingerprint density at radius 3 is 1.64 bits per heavy atom. The summed E-state index contributed by atoms with van der Waals surface area (Å²) in [5, 5.41) is 0. The first-order valence-corrected chi connectivity index (χ1v) is 16.1. The minimum Gasteiger partial charge on any atom is -0.497 e. The zero-order valence-electron chi connectivity index (χ0n) is 25.1. The van der Waals surface area contributed by atoms with Gasteiger partial charge in [-0.05, 0) is 76.1 Å². The molecule has 0 spiro atoms. The second kappa shape index (κ2) is 14.5. The summed E-state index contributed by atoms with van der Waals surface area (Å²) in [5.74, 6) is 7.14. The molecule has 0 amide bonds. The lowest BCUT2D eigenvalue weighted by Gasteiger charge is -2.49. The van der Waals surface area contributed by atoms with E-state index in [1.165, 1.54) is 6.26 Å². The fourth-order valence-corrected chi connectivity index (χ4v) is 6.13. The first-order valence-electron chi connectivity index (χ1n) is 13.9. The van der Waals surface area contributed by atoms with Crippen LogP contribution < -0.4 is 23.7 Å². The number of hydrogen-bond acceptors (Lipinski definition) is 11. The topological polar surface area (TPSA) is 109 Å². The summed E-state index contributed by atoms with van der Waals surface area (Å²) in [4.78, 5) is 0. The lowest BCUT2D eigenvalue weighted by molar-refractivity contribution is -0.334. The van der Waals surface area contributed by atoms with Crippen LogP contribution in [0, 0.1) is 0 Å². The zero-order chi connectivity index (χ0) is 31.1. The van der Waals surface area contributed by atoms with Gasteiger partial charge >= 0.3 is 0 Å². The highest BCUT2D eigenvalue weighted by Crippen LogP contribution is 2.38. The van der Waals surface area contributed by atoms with Gasteiger partial charge in [0, 0.05) is 11.8 Å². The molecule has 7 atom stereocenters. The summed E-state index contributed by atoms with van der Waals surface area (Å²) in [6.07, 6.45) is -2.14. The normalized spacial score (nSPS) is 26.1. The number of ether oxygens (including phenoxy) is 10. The van der Waals surface area contributed by atoms with Gasteiger partial charge < -0.3 is 47.4 Å². The predicted molar refractivity (Wildman–Crippen MR) is 163 cm³/mol. The van der Waals surface area contributed by atoms with Crippen molar-refractivity contribution >= 4 is 15.4 Å². The van der Waals surface area contributed by atoms with Gasteiger partial charge in [0.25, 0.3) is 0 Å². The molecule has 12 heteroatoms. The van der Waals surface area contributed by atoms with E-state index in [-0.39, 0.29) is 20.2 Å². The lowest BCUT2D eigenvalue weighted by Crippen LogP contribution is -2.64. The van der Waals surface area contributed by atoms with E-state index < -0.39 is 45.7 Å². The van der Waals surface area contributed by atoms with Gasteiger partial charge in [-0.2, -0.15) is 0 Å². The van der Waals surface area contributed by atoms with Gasteiger partial charge in [0.05, 0.1) is 27.9 Å². The molecule has 44 heavy (non-hydrogen) atoms. The van der Waals surface area contributed by atoms with Gasteiger partial charge in [-0.1, -0.05) is 12.1 Å². The average Bonchev–Trinajstić information content (AvgIpc) is 3.05. The van der Waals surface area contributed by atoms with E-state index >= 15 is 0 Å². The molecule has 5 rings (SSSR count). The maximum absolute atomic E-state index is 13.4. The summed E-state index contributed by atoms with van der Waals surface area (Å²) in [6.45, 7) is -0.158. The van der Waals surface area contributed by atoms with Crippen molar-refractivity contribution in [3.05, 3.63) is 78.4 Å². The lowest BCUT2D eigenvalue weighted by atomic mass is 9.98. The van der Waals surface area contributed by atoms with Gasteiger partial charge in [-0.15, -0.1) is 0 Å². The minimum absolute atomic E-state index is 0.147. The van der Waals surface area contributed by atoms with E-state index in [0.29, 0.717) is 28.7 Å². The molecule has 5 unspecified atom stereocenters. The maximum Gasteiger partial charge on any atom is 0.189 e. The summed E-state index contributed by atoms with van der Waals surface area (Å²) in [5.41, 5.74) is -0.157. The van der Waals surface area contributed by atoms with Crippen LogP contribution in [0.1, 0.15) is 11.9 Å². The Bertz CT molecular complexity index is 1430. The number of methoxy groups -OCH3 is 3. The van der Waals surface area contributed by atoms with Crippen LogP contribution in [0.2, 0.25) is 0 Å². The zero-order valence-corrected chi connectivity index (χ0v) is 25.9. The standard InChI is InChI=1S/C32H38O11S/c1-34-22-8-6-21(7-9-22)31-37-18-27-28(43-31)29(40-19-38-25-14-10-23(35-2)11-15-25)30(32(42-27)44(4,5)33)41-20-39-26-16-12-24(36-3)13-17-26/h6-17,27-32H,4,18-20H2,1-3,5H3/t27?,28-,29?,30?,31?,32-,44?/m0/s1. The summed E-state index contributed by atoms with van der Waals surface area (Å²) < 4.78 is 72.2. The largest absolute Gasteiger partial charge is 0.497 e. The van der Waals surface area contributed by atoms with Crippen LogP contribution in [0.15, 0.2) is 72.8 Å². The van der Waals surface area contributed by atoms with E-state index in [2.05, 4.69) is 5.87 Å². The van der Waals surface area contributed by atoms with Crippen molar-refractivity contribution in [3.63, 3.8) is 0 Å².